The van der Waals surface area contributed by atoms with Crippen molar-refractivity contribution >= 4 is 0 Å². The highest BCUT2D eigenvalue weighted by Gasteiger charge is 2.25. The molecule has 1 aliphatic carbocycles. The summed E-state index contributed by atoms with van der Waals surface area (Å²) in [5.41, 5.74) is 0. The number of aliphatic hydroxyl groups is 1. The summed E-state index contributed by atoms with van der Waals surface area (Å²) in [4.78, 5) is 0. The molecule has 1 fully saturated rings. The summed E-state index contributed by atoms with van der Waals surface area (Å²) in [6, 6.07) is 3.90. The molecule has 2 heteroatoms. The topological polar surface area (TPSA) is 33.4 Å². The molecular weight excluding hydrogens is 188 g/mol. The first-order valence-corrected chi connectivity index (χ1v) is 6.08. The molecule has 0 spiro atoms. The van der Waals surface area contributed by atoms with Gasteiger partial charge in [0.2, 0.25) is 0 Å². The highest BCUT2D eigenvalue weighted by atomic mass is 16.4. The van der Waals surface area contributed by atoms with Crippen LogP contribution in [0.4, 0.5) is 0 Å². The van der Waals surface area contributed by atoms with E-state index in [0.29, 0.717) is 5.92 Å². The van der Waals surface area contributed by atoms with E-state index < -0.39 is 0 Å². The minimum atomic E-state index is -0.384. The first-order valence-electron chi connectivity index (χ1n) is 6.08. The van der Waals surface area contributed by atoms with Crippen molar-refractivity contribution in [3.63, 3.8) is 0 Å². The van der Waals surface area contributed by atoms with Gasteiger partial charge in [0, 0.05) is 6.42 Å². The van der Waals surface area contributed by atoms with Crippen LogP contribution >= 0.6 is 0 Å². The van der Waals surface area contributed by atoms with Gasteiger partial charge in [0.25, 0.3) is 0 Å². The van der Waals surface area contributed by atoms with Crippen LogP contribution in [-0.2, 0) is 6.42 Å². The summed E-state index contributed by atoms with van der Waals surface area (Å²) >= 11 is 0. The third-order valence-electron chi connectivity index (χ3n) is 3.42. The zero-order chi connectivity index (χ0) is 10.7. The van der Waals surface area contributed by atoms with Gasteiger partial charge in [0.05, 0.1) is 0 Å². The van der Waals surface area contributed by atoms with Gasteiger partial charge < -0.3 is 9.52 Å². The van der Waals surface area contributed by atoms with Crippen LogP contribution in [0, 0.1) is 5.92 Å². The molecule has 1 saturated carbocycles. The highest BCUT2D eigenvalue weighted by molar-refractivity contribution is 5.10. The van der Waals surface area contributed by atoms with Crippen LogP contribution in [0.15, 0.2) is 16.5 Å². The average Bonchev–Trinajstić information content (AvgIpc) is 2.78. The maximum Gasteiger partial charge on any atom is 0.132 e. The number of rotatable bonds is 3. The van der Waals surface area contributed by atoms with Crippen LogP contribution in [0.5, 0.6) is 0 Å². The quantitative estimate of drug-likeness (QED) is 0.825. The van der Waals surface area contributed by atoms with Crippen molar-refractivity contribution < 1.29 is 9.52 Å². The molecule has 0 saturated heterocycles. The lowest BCUT2D eigenvalue weighted by Crippen LogP contribution is -2.15. The predicted molar refractivity (Wildman–Crippen MR) is 59.6 cm³/mol. The van der Waals surface area contributed by atoms with Crippen LogP contribution in [0.3, 0.4) is 0 Å². The Morgan fingerprint density at radius 2 is 2.07 bits per heavy atom. The lowest BCUT2D eigenvalue weighted by Gasteiger charge is -2.25. The van der Waals surface area contributed by atoms with Gasteiger partial charge in [0.1, 0.15) is 17.6 Å². The van der Waals surface area contributed by atoms with E-state index in [9.17, 15) is 5.11 Å². The Balaban J connectivity index is 2.02. The SMILES string of the molecule is CCc1ccc(C(O)C2CCCCC2)o1. The van der Waals surface area contributed by atoms with Crippen LogP contribution in [0.1, 0.15) is 56.7 Å². The van der Waals surface area contributed by atoms with Gasteiger partial charge in [-0.05, 0) is 30.9 Å². The Hall–Kier alpha value is -0.760. The van der Waals surface area contributed by atoms with Gasteiger partial charge in [-0.15, -0.1) is 0 Å². The van der Waals surface area contributed by atoms with Crippen molar-refractivity contribution in [2.75, 3.05) is 0 Å². The fourth-order valence-corrected chi connectivity index (χ4v) is 2.43. The molecular formula is C13H20O2. The van der Waals surface area contributed by atoms with Crippen LogP contribution in [0.2, 0.25) is 0 Å². The lowest BCUT2D eigenvalue weighted by molar-refractivity contribution is 0.0644. The molecule has 1 aromatic rings. The normalized spacial score (nSPS) is 20.4. The maximum atomic E-state index is 10.2. The van der Waals surface area contributed by atoms with E-state index in [1.165, 1.54) is 19.3 Å². The molecule has 0 aliphatic heterocycles. The molecule has 1 heterocycles. The van der Waals surface area contributed by atoms with Crippen molar-refractivity contribution in [3.8, 4) is 0 Å². The molecule has 0 amide bonds. The summed E-state index contributed by atoms with van der Waals surface area (Å²) in [7, 11) is 0. The zero-order valence-corrected chi connectivity index (χ0v) is 9.41. The Kier molecular flexibility index (Phi) is 3.47. The first-order chi connectivity index (χ1) is 7.31. The lowest BCUT2D eigenvalue weighted by atomic mass is 9.84. The predicted octanol–water partition coefficient (Wildman–Crippen LogP) is 3.46. The molecule has 1 N–H and O–H groups in total. The fourth-order valence-electron chi connectivity index (χ4n) is 2.43. The highest BCUT2D eigenvalue weighted by Crippen LogP contribution is 2.34. The second-order valence-electron chi connectivity index (χ2n) is 4.50. The Morgan fingerprint density at radius 1 is 1.33 bits per heavy atom. The van der Waals surface area contributed by atoms with Crippen molar-refractivity contribution in [2.24, 2.45) is 5.92 Å². The van der Waals surface area contributed by atoms with Crippen LogP contribution < -0.4 is 0 Å². The number of aliphatic hydroxyl groups excluding tert-OH is 1. The molecule has 1 aromatic heterocycles. The summed E-state index contributed by atoms with van der Waals surface area (Å²) in [6.07, 6.45) is 6.63. The molecule has 2 nitrogen and oxygen atoms in total. The molecule has 84 valence electrons. The molecule has 2 rings (SSSR count). The monoisotopic (exact) mass is 208 g/mol. The van der Waals surface area contributed by atoms with Crippen molar-refractivity contribution in [1.82, 2.24) is 0 Å². The largest absolute Gasteiger partial charge is 0.463 e. The Morgan fingerprint density at radius 3 is 2.67 bits per heavy atom. The van der Waals surface area contributed by atoms with Crippen molar-refractivity contribution in [1.29, 1.82) is 0 Å². The standard InChI is InChI=1S/C13H20O2/c1-2-11-8-9-12(15-11)13(14)10-6-4-3-5-7-10/h8-10,13-14H,2-7H2,1H3. The van der Waals surface area contributed by atoms with Gasteiger partial charge in [-0.2, -0.15) is 0 Å². The van der Waals surface area contributed by atoms with E-state index in [1.807, 2.05) is 12.1 Å². The van der Waals surface area contributed by atoms with Gasteiger partial charge in [0.15, 0.2) is 0 Å². The Labute approximate surface area is 91.3 Å². The number of furan rings is 1. The van der Waals surface area contributed by atoms with Gasteiger partial charge >= 0.3 is 0 Å². The van der Waals surface area contributed by atoms with E-state index in [4.69, 9.17) is 4.42 Å². The van der Waals surface area contributed by atoms with Crippen LogP contribution in [-0.4, -0.2) is 5.11 Å². The molecule has 1 unspecified atom stereocenters. The third-order valence-corrected chi connectivity index (χ3v) is 3.42. The molecule has 15 heavy (non-hydrogen) atoms. The minimum absolute atomic E-state index is 0.384. The van der Waals surface area contributed by atoms with Gasteiger partial charge in [-0.25, -0.2) is 0 Å². The summed E-state index contributed by atoms with van der Waals surface area (Å²) in [5, 5.41) is 10.2. The second-order valence-corrected chi connectivity index (χ2v) is 4.50. The number of aryl methyl sites for hydroxylation is 1. The molecule has 0 radical (unpaired) electrons. The molecule has 0 bridgehead atoms. The second kappa shape index (κ2) is 4.84. The smallest absolute Gasteiger partial charge is 0.132 e. The van der Waals surface area contributed by atoms with Crippen molar-refractivity contribution in [3.05, 3.63) is 23.7 Å². The number of hydrogen-bond acceptors (Lipinski definition) is 2. The summed E-state index contributed by atoms with van der Waals surface area (Å²) in [6.45, 7) is 2.07. The van der Waals surface area contributed by atoms with E-state index in [1.54, 1.807) is 0 Å². The molecule has 1 atom stereocenters. The van der Waals surface area contributed by atoms with Crippen molar-refractivity contribution in [2.45, 2.75) is 51.6 Å². The third kappa shape index (κ3) is 2.43. The fraction of sp³-hybridized carbons (Fsp3) is 0.692. The van der Waals surface area contributed by atoms with Gasteiger partial charge in [-0.3, -0.25) is 0 Å². The van der Waals surface area contributed by atoms with E-state index in [0.717, 1.165) is 30.8 Å². The Bertz CT molecular complexity index is 297. The maximum absolute atomic E-state index is 10.2. The van der Waals surface area contributed by atoms with Crippen LogP contribution in [0.25, 0.3) is 0 Å². The minimum Gasteiger partial charge on any atom is -0.463 e. The zero-order valence-electron chi connectivity index (χ0n) is 9.41. The van der Waals surface area contributed by atoms with E-state index in [2.05, 4.69) is 6.92 Å². The first kappa shape index (κ1) is 10.7. The van der Waals surface area contributed by atoms with E-state index >= 15 is 0 Å². The molecule has 1 aliphatic rings. The van der Waals surface area contributed by atoms with E-state index in [-0.39, 0.29) is 6.10 Å². The molecule has 0 aromatic carbocycles. The summed E-state index contributed by atoms with van der Waals surface area (Å²) in [5.74, 6) is 2.15. The average molecular weight is 208 g/mol. The number of hydrogen-bond donors (Lipinski definition) is 1. The van der Waals surface area contributed by atoms with Gasteiger partial charge in [-0.1, -0.05) is 26.2 Å². The summed E-state index contributed by atoms with van der Waals surface area (Å²) < 4.78 is 5.60.